The maximum atomic E-state index is 10.6. The zero-order chi connectivity index (χ0) is 14.5. The summed E-state index contributed by atoms with van der Waals surface area (Å²) in [7, 11) is 0. The first kappa shape index (κ1) is 14.3. The van der Waals surface area contributed by atoms with Crippen molar-refractivity contribution in [1.82, 2.24) is 9.88 Å². The normalized spacial score (nSPS) is 15.9. The Bertz CT molecular complexity index is 530. The van der Waals surface area contributed by atoms with Gasteiger partial charge in [0.2, 0.25) is 0 Å². The lowest BCUT2D eigenvalue weighted by Gasteiger charge is -2.35. The van der Waals surface area contributed by atoms with E-state index in [4.69, 9.17) is 5.11 Å². The number of piperazine rings is 1. The molecule has 1 aromatic rings. The number of nitrogens with zero attached hydrogens (tertiary/aromatic N) is 4. The van der Waals surface area contributed by atoms with E-state index in [0.29, 0.717) is 12.1 Å². The van der Waals surface area contributed by atoms with E-state index in [2.05, 4.69) is 20.9 Å². The van der Waals surface area contributed by atoms with Gasteiger partial charge in [-0.3, -0.25) is 9.69 Å². The van der Waals surface area contributed by atoms with Crippen LogP contribution < -0.4 is 4.90 Å². The minimum atomic E-state index is -0.764. The van der Waals surface area contributed by atoms with E-state index < -0.39 is 5.97 Å². The monoisotopic (exact) mass is 274 g/mol. The maximum absolute atomic E-state index is 10.6. The summed E-state index contributed by atoms with van der Waals surface area (Å²) >= 11 is 0. The number of carbonyl (C=O) groups is 1. The van der Waals surface area contributed by atoms with E-state index >= 15 is 0 Å². The molecule has 0 radical (unpaired) electrons. The maximum Gasteiger partial charge on any atom is 0.304 e. The number of carboxylic acid groups (broad SMARTS) is 1. The molecule has 6 nitrogen and oxygen atoms in total. The second kappa shape index (κ2) is 6.35. The molecule has 0 saturated carbocycles. The number of nitriles is 1. The first-order valence-electron chi connectivity index (χ1n) is 6.66. The van der Waals surface area contributed by atoms with Gasteiger partial charge in [-0.25, -0.2) is 4.98 Å². The summed E-state index contributed by atoms with van der Waals surface area (Å²) in [5.41, 5.74) is 1.57. The van der Waals surface area contributed by atoms with Gasteiger partial charge in [0.25, 0.3) is 0 Å². The van der Waals surface area contributed by atoms with Crippen LogP contribution >= 0.6 is 0 Å². The SMILES string of the molecule is Cc1ccnc(N2CCN(CCC(=O)O)CC2)c1C#N. The molecule has 0 bridgehead atoms. The molecule has 0 amide bonds. The van der Waals surface area contributed by atoms with Crippen molar-refractivity contribution in [2.45, 2.75) is 13.3 Å². The summed E-state index contributed by atoms with van der Waals surface area (Å²) in [6.07, 6.45) is 1.90. The van der Waals surface area contributed by atoms with Gasteiger partial charge in [-0.15, -0.1) is 0 Å². The molecule has 106 valence electrons. The molecule has 1 fully saturated rings. The molecular formula is C14H18N4O2. The zero-order valence-corrected chi connectivity index (χ0v) is 11.5. The zero-order valence-electron chi connectivity index (χ0n) is 11.5. The van der Waals surface area contributed by atoms with Crippen molar-refractivity contribution >= 4 is 11.8 Å². The molecule has 0 spiro atoms. The van der Waals surface area contributed by atoms with Gasteiger partial charge in [0, 0.05) is 38.9 Å². The molecule has 1 aliphatic rings. The second-order valence-electron chi connectivity index (χ2n) is 4.91. The third-order valence-electron chi connectivity index (χ3n) is 3.56. The average molecular weight is 274 g/mol. The number of hydrogen-bond donors (Lipinski definition) is 1. The van der Waals surface area contributed by atoms with Crippen LogP contribution in [0.2, 0.25) is 0 Å². The Morgan fingerprint density at radius 2 is 2.15 bits per heavy atom. The number of pyridine rings is 1. The Morgan fingerprint density at radius 1 is 1.45 bits per heavy atom. The fourth-order valence-corrected chi connectivity index (χ4v) is 2.36. The first-order chi connectivity index (χ1) is 9.61. The molecule has 0 atom stereocenters. The fourth-order valence-electron chi connectivity index (χ4n) is 2.36. The van der Waals surface area contributed by atoms with Crippen molar-refractivity contribution in [1.29, 1.82) is 5.26 Å². The van der Waals surface area contributed by atoms with E-state index in [9.17, 15) is 10.1 Å². The van der Waals surface area contributed by atoms with E-state index in [1.165, 1.54) is 0 Å². The predicted octanol–water partition coefficient (Wildman–Crippen LogP) is 0.858. The highest BCUT2D eigenvalue weighted by Crippen LogP contribution is 2.21. The van der Waals surface area contributed by atoms with Crippen LogP contribution in [0, 0.1) is 18.3 Å². The Labute approximate surface area is 118 Å². The highest BCUT2D eigenvalue weighted by Gasteiger charge is 2.21. The van der Waals surface area contributed by atoms with Gasteiger partial charge in [-0.2, -0.15) is 5.26 Å². The standard InChI is InChI=1S/C14H18N4O2/c1-11-2-4-16-14(12(11)10-15)18-8-6-17(7-9-18)5-3-13(19)20/h2,4H,3,5-9H2,1H3,(H,19,20). The van der Waals surface area contributed by atoms with E-state index in [1.54, 1.807) is 6.20 Å². The average Bonchev–Trinajstić information content (AvgIpc) is 2.45. The molecule has 2 rings (SSSR count). The molecule has 6 heteroatoms. The van der Waals surface area contributed by atoms with Crippen molar-refractivity contribution in [3.05, 3.63) is 23.4 Å². The molecule has 0 aromatic carbocycles. The van der Waals surface area contributed by atoms with E-state index in [-0.39, 0.29) is 6.42 Å². The topological polar surface area (TPSA) is 80.5 Å². The number of rotatable bonds is 4. The van der Waals surface area contributed by atoms with Gasteiger partial charge in [0.1, 0.15) is 11.9 Å². The predicted molar refractivity (Wildman–Crippen MR) is 74.6 cm³/mol. The molecule has 1 N–H and O–H groups in total. The van der Waals surface area contributed by atoms with Crippen LogP contribution in [0.1, 0.15) is 17.5 Å². The summed E-state index contributed by atoms with van der Waals surface area (Å²) in [5.74, 6) is -0.0232. The number of anilines is 1. The van der Waals surface area contributed by atoms with E-state index in [1.807, 2.05) is 13.0 Å². The van der Waals surface area contributed by atoms with Gasteiger partial charge in [-0.05, 0) is 18.6 Å². The van der Waals surface area contributed by atoms with Crippen LogP contribution in [0.4, 0.5) is 5.82 Å². The quantitative estimate of drug-likeness (QED) is 0.877. The Morgan fingerprint density at radius 3 is 2.75 bits per heavy atom. The van der Waals surface area contributed by atoms with Crippen molar-refractivity contribution in [2.24, 2.45) is 0 Å². The van der Waals surface area contributed by atoms with Gasteiger partial charge in [0.15, 0.2) is 0 Å². The summed E-state index contributed by atoms with van der Waals surface area (Å²) in [6, 6.07) is 4.06. The summed E-state index contributed by atoms with van der Waals surface area (Å²) in [4.78, 5) is 19.1. The summed E-state index contributed by atoms with van der Waals surface area (Å²) in [6.45, 7) is 5.62. The largest absolute Gasteiger partial charge is 0.481 e. The third-order valence-corrected chi connectivity index (χ3v) is 3.56. The van der Waals surface area contributed by atoms with Crippen LogP contribution in [-0.2, 0) is 4.79 Å². The summed E-state index contributed by atoms with van der Waals surface area (Å²) in [5, 5.41) is 17.9. The van der Waals surface area contributed by atoms with Crippen molar-refractivity contribution in [3.8, 4) is 6.07 Å². The third kappa shape index (κ3) is 3.25. The second-order valence-corrected chi connectivity index (χ2v) is 4.91. The van der Waals surface area contributed by atoms with Crippen LogP contribution in [0.15, 0.2) is 12.3 Å². The summed E-state index contributed by atoms with van der Waals surface area (Å²) < 4.78 is 0. The highest BCUT2D eigenvalue weighted by atomic mass is 16.4. The van der Waals surface area contributed by atoms with Gasteiger partial charge in [0.05, 0.1) is 12.0 Å². The number of aromatic nitrogens is 1. The molecule has 0 aliphatic carbocycles. The molecule has 1 saturated heterocycles. The molecular weight excluding hydrogens is 256 g/mol. The number of carboxylic acids is 1. The Hall–Kier alpha value is -2.13. The highest BCUT2D eigenvalue weighted by molar-refractivity contribution is 5.66. The van der Waals surface area contributed by atoms with E-state index in [0.717, 1.165) is 37.6 Å². The molecule has 1 aliphatic heterocycles. The molecule has 1 aromatic heterocycles. The van der Waals surface area contributed by atoms with Crippen LogP contribution in [0.5, 0.6) is 0 Å². The minimum absolute atomic E-state index is 0.173. The van der Waals surface area contributed by atoms with Gasteiger partial charge in [-0.1, -0.05) is 0 Å². The Kier molecular flexibility index (Phi) is 4.53. The number of aryl methyl sites for hydroxylation is 1. The first-order valence-corrected chi connectivity index (χ1v) is 6.66. The lowest BCUT2D eigenvalue weighted by molar-refractivity contribution is -0.137. The van der Waals surface area contributed by atoms with Crippen molar-refractivity contribution in [2.75, 3.05) is 37.6 Å². The van der Waals surface area contributed by atoms with Crippen molar-refractivity contribution in [3.63, 3.8) is 0 Å². The van der Waals surface area contributed by atoms with Crippen LogP contribution in [-0.4, -0.2) is 53.7 Å². The minimum Gasteiger partial charge on any atom is -0.481 e. The molecule has 0 unspecified atom stereocenters. The lowest BCUT2D eigenvalue weighted by Crippen LogP contribution is -2.47. The Balaban J connectivity index is 1.99. The van der Waals surface area contributed by atoms with Gasteiger partial charge < -0.3 is 10.0 Å². The van der Waals surface area contributed by atoms with Gasteiger partial charge >= 0.3 is 5.97 Å². The smallest absolute Gasteiger partial charge is 0.304 e. The molecule has 2 heterocycles. The van der Waals surface area contributed by atoms with Crippen LogP contribution in [0.25, 0.3) is 0 Å². The number of hydrogen-bond acceptors (Lipinski definition) is 5. The van der Waals surface area contributed by atoms with Crippen molar-refractivity contribution < 1.29 is 9.90 Å². The van der Waals surface area contributed by atoms with Crippen LogP contribution in [0.3, 0.4) is 0 Å². The lowest BCUT2D eigenvalue weighted by atomic mass is 10.1. The number of aliphatic carboxylic acids is 1. The molecule has 20 heavy (non-hydrogen) atoms. The fraction of sp³-hybridized carbons (Fsp3) is 0.500.